The van der Waals surface area contributed by atoms with E-state index >= 15 is 0 Å². The van der Waals surface area contributed by atoms with E-state index in [2.05, 4.69) is 4.98 Å². The van der Waals surface area contributed by atoms with Crippen LogP contribution in [0.2, 0.25) is 5.02 Å². The first-order valence-corrected chi connectivity index (χ1v) is 9.40. The van der Waals surface area contributed by atoms with Crippen molar-refractivity contribution in [3.63, 3.8) is 0 Å². The van der Waals surface area contributed by atoms with Crippen LogP contribution in [-0.2, 0) is 9.47 Å². The van der Waals surface area contributed by atoms with E-state index in [1.54, 1.807) is 36.8 Å². The van der Waals surface area contributed by atoms with Crippen LogP contribution >= 0.6 is 11.6 Å². The highest BCUT2D eigenvalue weighted by molar-refractivity contribution is 6.30. The van der Waals surface area contributed by atoms with Crippen LogP contribution in [0.4, 0.5) is 5.82 Å². The van der Waals surface area contributed by atoms with Crippen molar-refractivity contribution < 1.29 is 14.3 Å². The fourth-order valence-corrected chi connectivity index (χ4v) is 3.43. The van der Waals surface area contributed by atoms with Crippen LogP contribution in [0.5, 0.6) is 0 Å². The van der Waals surface area contributed by atoms with Gasteiger partial charge in [-0.1, -0.05) is 29.8 Å². The van der Waals surface area contributed by atoms with Gasteiger partial charge in [-0.3, -0.25) is 4.57 Å². The maximum Gasteiger partial charge on any atom is 0.344 e. The molecule has 148 valence electrons. The Morgan fingerprint density at radius 1 is 1.17 bits per heavy atom. The van der Waals surface area contributed by atoms with Crippen LogP contribution in [0.25, 0.3) is 27.9 Å². The van der Waals surface area contributed by atoms with Gasteiger partial charge in [0, 0.05) is 12.1 Å². The lowest BCUT2D eigenvalue weighted by atomic mass is 10.2. The van der Waals surface area contributed by atoms with E-state index in [0.717, 1.165) is 0 Å². The largest absolute Gasteiger partial charge is 0.456 e. The summed E-state index contributed by atoms with van der Waals surface area (Å²) >= 11 is 6.17. The van der Waals surface area contributed by atoms with Gasteiger partial charge in [-0.15, -0.1) is 0 Å². The fourth-order valence-electron chi connectivity index (χ4n) is 3.25. The molecule has 4 aromatic rings. The number of esters is 1. The van der Waals surface area contributed by atoms with E-state index < -0.39 is 12.1 Å². The van der Waals surface area contributed by atoms with Crippen molar-refractivity contribution >= 4 is 45.6 Å². The lowest BCUT2D eigenvalue weighted by Gasteiger charge is -2.12. The molecule has 29 heavy (non-hydrogen) atoms. The number of benzene rings is 2. The van der Waals surface area contributed by atoms with E-state index in [1.165, 1.54) is 0 Å². The normalized spacial score (nSPS) is 12.4. The number of ether oxygens (including phenoxy) is 2. The number of anilines is 1. The van der Waals surface area contributed by atoms with Gasteiger partial charge in [0.2, 0.25) is 0 Å². The Bertz CT molecular complexity index is 1220. The predicted octanol–water partition coefficient (Wildman–Crippen LogP) is 4.00. The molecule has 0 aliphatic heterocycles. The average Bonchev–Trinajstić information content (AvgIpc) is 2.97. The molecule has 2 aromatic heterocycles. The number of hydrogen-bond donors (Lipinski definition) is 1. The summed E-state index contributed by atoms with van der Waals surface area (Å²) in [5.41, 5.74) is 9.43. The first kappa shape index (κ1) is 19.2. The van der Waals surface area contributed by atoms with Crippen LogP contribution in [0.3, 0.4) is 0 Å². The molecule has 2 aromatic carbocycles. The van der Waals surface area contributed by atoms with Crippen LogP contribution < -0.4 is 5.73 Å². The van der Waals surface area contributed by atoms with E-state index in [4.69, 9.17) is 31.8 Å². The molecule has 7 nitrogen and oxygen atoms in total. The lowest BCUT2D eigenvalue weighted by Crippen LogP contribution is -2.20. The smallest absolute Gasteiger partial charge is 0.344 e. The van der Waals surface area contributed by atoms with Gasteiger partial charge in [-0.2, -0.15) is 0 Å². The molecule has 1 atom stereocenters. The number of rotatable bonds is 5. The van der Waals surface area contributed by atoms with Crippen LogP contribution in [0.15, 0.2) is 48.5 Å². The number of hydrogen-bond acceptors (Lipinski definition) is 6. The Kier molecular flexibility index (Phi) is 5.08. The quantitative estimate of drug-likeness (QED) is 0.500. The maximum atomic E-state index is 12.9. The Hall–Kier alpha value is -3.16. The van der Waals surface area contributed by atoms with Crippen molar-refractivity contribution in [2.45, 2.75) is 13.0 Å². The Morgan fingerprint density at radius 3 is 2.59 bits per heavy atom. The van der Waals surface area contributed by atoms with Gasteiger partial charge in [-0.05, 0) is 37.3 Å². The third kappa shape index (κ3) is 3.50. The average molecular weight is 411 g/mol. The minimum absolute atomic E-state index is 0.168. The molecule has 0 spiro atoms. The molecule has 4 rings (SSSR count). The van der Waals surface area contributed by atoms with E-state index in [-0.39, 0.29) is 18.0 Å². The molecule has 0 bridgehead atoms. The number of nitrogens with zero attached hydrogens (tertiary/aromatic N) is 3. The maximum absolute atomic E-state index is 12.9. The zero-order valence-electron chi connectivity index (χ0n) is 15.9. The molecule has 0 fully saturated rings. The van der Waals surface area contributed by atoms with Gasteiger partial charge in [0.25, 0.3) is 0 Å². The Labute approximate surface area is 172 Å². The number of nitrogen functional groups attached to an aromatic ring is 1. The molecule has 0 aliphatic carbocycles. The zero-order valence-corrected chi connectivity index (χ0v) is 16.7. The van der Waals surface area contributed by atoms with E-state index in [1.807, 2.05) is 30.3 Å². The van der Waals surface area contributed by atoms with Gasteiger partial charge in [-0.25, -0.2) is 14.8 Å². The molecule has 1 unspecified atom stereocenters. The second-order valence-corrected chi connectivity index (χ2v) is 7.07. The summed E-state index contributed by atoms with van der Waals surface area (Å²) in [4.78, 5) is 22.3. The number of carbonyl (C=O) groups excluding carboxylic acids is 1. The van der Waals surface area contributed by atoms with Gasteiger partial charge in [0.05, 0.1) is 23.3 Å². The monoisotopic (exact) mass is 410 g/mol. The second-order valence-electron chi connectivity index (χ2n) is 6.63. The first-order chi connectivity index (χ1) is 14.0. The molecule has 0 radical (unpaired) electrons. The number of halogens is 1. The number of aromatic nitrogens is 3. The third-order valence-corrected chi connectivity index (χ3v) is 4.71. The van der Waals surface area contributed by atoms with Crippen molar-refractivity contribution in [2.24, 2.45) is 0 Å². The highest BCUT2D eigenvalue weighted by Crippen LogP contribution is 2.32. The molecular formula is C21H19ClN4O3. The summed E-state index contributed by atoms with van der Waals surface area (Å²) in [5.74, 6) is -0.394. The van der Waals surface area contributed by atoms with Crippen LogP contribution in [0.1, 0.15) is 17.3 Å². The summed E-state index contributed by atoms with van der Waals surface area (Å²) in [6.07, 6.45) is -0.440. The summed E-state index contributed by atoms with van der Waals surface area (Å²) in [7, 11) is 1.54. The molecule has 0 amide bonds. The number of carbonyl (C=O) groups is 1. The lowest BCUT2D eigenvalue weighted by molar-refractivity contribution is 0.0123. The van der Waals surface area contributed by atoms with Gasteiger partial charge in [0.1, 0.15) is 23.0 Å². The molecule has 0 aliphatic rings. The first-order valence-electron chi connectivity index (χ1n) is 9.02. The van der Waals surface area contributed by atoms with E-state index in [0.29, 0.717) is 32.9 Å². The summed E-state index contributed by atoms with van der Waals surface area (Å²) in [6, 6.07) is 14.6. The predicted molar refractivity (Wildman–Crippen MR) is 113 cm³/mol. The minimum atomic E-state index is -0.581. The molecule has 0 saturated carbocycles. The van der Waals surface area contributed by atoms with Crippen LogP contribution in [0, 0.1) is 0 Å². The number of methoxy groups -OCH3 is 1. The van der Waals surface area contributed by atoms with Crippen molar-refractivity contribution in [2.75, 3.05) is 19.5 Å². The number of fused-ring (bicyclic) bond motifs is 2. The van der Waals surface area contributed by atoms with Crippen molar-refractivity contribution in [1.29, 1.82) is 0 Å². The molecule has 0 saturated heterocycles. The summed E-state index contributed by atoms with van der Waals surface area (Å²) < 4.78 is 12.2. The Balaban J connectivity index is 1.98. The van der Waals surface area contributed by atoms with Gasteiger partial charge < -0.3 is 15.2 Å². The summed E-state index contributed by atoms with van der Waals surface area (Å²) in [6.45, 7) is 2.02. The van der Waals surface area contributed by atoms with Crippen LogP contribution in [-0.4, -0.2) is 40.3 Å². The highest BCUT2D eigenvalue weighted by atomic mass is 35.5. The third-order valence-electron chi connectivity index (χ3n) is 4.48. The van der Waals surface area contributed by atoms with Crippen molar-refractivity contribution in [1.82, 2.24) is 14.5 Å². The highest BCUT2D eigenvalue weighted by Gasteiger charge is 2.27. The number of nitrogens with two attached hydrogens (primary N) is 1. The van der Waals surface area contributed by atoms with Gasteiger partial charge >= 0.3 is 5.97 Å². The Morgan fingerprint density at radius 2 is 1.90 bits per heavy atom. The molecular weight excluding hydrogens is 392 g/mol. The summed E-state index contributed by atoms with van der Waals surface area (Å²) in [5, 5.41) is 0.537. The topological polar surface area (TPSA) is 92.3 Å². The van der Waals surface area contributed by atoms with Crippen molar-refractivity contribution in [3.05, 3.63) is 59.1 Å². The molecule has 2 N–H and O–H groups in total. The minimum Gasteiger partial charge on any atom is -0.456 e. The second kappa shape index (κ2) is 7.69. The van der Waals surface area contributed by atoms with E-state index in [9.17, 15) is 4.79 Å². The SMILES string of the molecule is COCC(C)OC(=O)c1c(N)n(-c2cccc(Cl)c2)c2nc3ccccc3nc12. The molecule has 8 heteroatoms. The molecule has 2 heterocycles. The fraction of sp³-hybridized carbons (Fsp3) is 0.190. The van der Waals surface area contributed by atoms with Gasteiger partial charge in [0.15, 0.2) is 5.65 Å². The zero-order chi connectivity index (χ0) is 20.5. The number of para-hydroxylation sites is 2. The standard InChI is InChI=1S/C21H19ClN4O3/c1-12(11-28-2)29-21(27)17-18-20(25-16-9-4-3-8-15(16)24-18)26(19(17)23)14-7-5-6-13(22)10-14/h3-10,12H,11,23H2,1-2H3. The van der Waals surface area contributed by atoms with Crippen molar-refractivity contribution in [3.8, 4) is 5.69 Å².